The monoisotopic (exact) mass is 313 g/mol. The Kier molecular flexibility index (Phi) is 4.47. The Morgan fingerprint density at radius 2 is 2.05 bits per heavy atom. The van der Waals surface area contributed by atoms with Crippen molar-refractivity contribution in [3.8, 4) is 0 Å². The fourth-order valence-corrected chi connectivity index (χ4v) is 2.03. The molecule has 2 rings (SSSR count). The third-order valence-corrected chi connectivity index (χ3v) is 3.27. The topological polar surface area (TPSA) is 48.1 Å². The van der Waals surface area contributed by atoms with Gasteiger partial charge in [-0.2, -0.15) is 0 Å². The number of nitrogens with one attached hydrogen (secondary N) is 2. The number of rotatable bonds is 4. The zero-order chi connectivity index (χ0) is 15.6. The van der Waals surface area contributed by atoms with Crippen molar-refractivity contribution >= 4 is 23.2 Å². The molecule has 4 nitrogen and oxygen atoms in total. The molecule has 0 saturated carbocycles. The summed E-state index contributed by atoms with van der Waals surface area (Å²) in [4.78, 5) is 16.0. The summed E-state index contributed by atoms with van der Waals surface area (Å²) in [6.45, 7) is -0.0824. The van der Waals surface area contributed by atoms with E-state index in [4.69, 9.17) is 11.6 Å². The lowest BCUT2D eigenvalue weighted by Crippen LogP contribution is -2.24. The first-order valence-electron chi connectivity index (χ1n) is 6.17. The summed E-state index contributed by atoms with van der Waals surface area (Å²) in [5.41, 5.74) is 0.311. The Bertz CT molecular complexity index is 670. The normalized spacial score (nSPS) is 10.5. The molecule has 1 amide bonds. The molecule has 0 saturated heterocycles. The number of aromatic amines is 1. The minimum atomic E-state index is -0.653. The van der Waals surface area contributed by atoms with Gasteiger partial charge in [-0.1, -0.05) is 23.7 Å². The van der Waals surface area contributed by atoms with E-state index in [1.54, 1.807) is 25.1 Å². The van der Waals surface area contributed by atoms with Gasteiger partial charge in [0, 0.05) is 32.4 Å². The van der Waals surface area contributed by atoms with Crippen molar-refractivity contribution in [3.05, 3.63) is 52.3 Å². The molecule has 1 heterocycles. The maximum absolute atomic E-state index is 14.0. The fourth-order valence-electron chi connectivity index (χ4n) is 1.83. The maximum Gasteiger partial charge on any atom is 0.271 e. The van der Waals surface area contributed by atoms with Gasteiger partial charge in [0.05, 0.1) is 10.7 Å². The van der Waals surface area contributed by atoms with Crippen LogP contribution in [0.4, 0.5) is 14.5 Å². The van der Waals surface area contributed by atoms with Crippen LogP contribution in [0, 0.1) is 11.6 Å². The van der Waals surface area contributed by atoms with E-state index in [-0.39, 0.29) is 28.5 Å². The van der Waals surface area contributed by atoms with Gasteiger partial charge >= 0.3 is 0 Å². The van der Waals surface area contributed by atoms with Crippen LogP contribution in [0.25, 0.3) is 0 Å². The van der Waals surface area contributed by atoms with Crippen molar-refractivity contribution in [2.75, 3.05) is 19.0 Å². The van der Waals surface area contributed by atoms with Crippen molar-refractivity contribution in [2.24, 2.45) is 0 Å². The smallest absolute Gasteiger partial charge is 0.271 e. The highest BCUT2D eigenvalue weighted by molar-refractivity contribution is 6.30. The molecular formula is C14H14ClF2N3O. The summed E-state index contributed by atoms with van der Waals surface area (Å²) in [5.74, 6) is -1.90. The maximum atomic E-state index is 14.0. The van der Waals surface area contributed by atoms with Gasteiger partial charge < -0.3 is 15.2 Å². The van der Waals surface area contributed by atoms with Gasteiger partial charge in [-0.15, -0.1) is 0 Å². The summed E-state index contributed by atoms with van der Waals surface area (Å²) >= 11 is 5.65. The van der Waals surface area contributed by atoms with E-state index in [2.05, 4.69) is 10.3 Å². The molecular weight excluding hydrogens is 300 g/mol. The number of nitrogens with zero attached hydrogens (tertiary/aromatic N) is 1. The Hall–Kier alpha value is -2.08. The lowest BCUT2D eigenvalue weighted by molar-refractivity contribution is 0.0942. The van der Waals surface area contributed by atoms with Gasteiger partial charge in [0.1, 0.15) is 11.5 Å². The van der Waals surface area contributed by atoms with Crippen LogP contribution >= 0.6 is 11.6 Å². The number of benzene rings is 1. The van der Waals surface area contributed by atoms with Crippen LogP contribution < -0.4 is 10.2 Å². The van der Waals surface area contributed by atoms with Crippen molar-refractivity contribution in [1.29, 1.82) is 0 Å². The number of carbonyl (C=O) groups is 1. The molecule has 0 atom stereocenters. The minimum absolute atomic E-state index is 0.0253. The molecule has 1 aromatic carbocycles. The third-order valence-electron chi connectivity index (χ3n) is 2.98. The zero-order valence-electron chi connectivity index (χ0n) is 11.5. The number of aromatic nitrogens is 1. The van der Waals surface area contributed by atoms with Crippen LogP contribution in [0.5, 0.6) is 0 Å². The first-order chi connectivity index (χ1) is 9.91. The Morgan fingerprint density at radius 3 is 2.67 bits per heavy atom. The van der Waals surface area contributed by atoms with Crippen LogP contribution in [0.1, 0.15) is 16.1 Å². The van der Waals surface area contributed by atoms with Crippen LogP contribution in [0.3, 0.4) is 0 Å². The SMILES string of the molecule is CN(C)c1c[nH]c(C(=O)NCc2cccc(Cl)c2F)c1F. The summed E-state index contributed by atoms with van der Waals surface area (Å²) in [6, 6.07) is 4.49. The molecule has 2 N–H and O–H groups in total. The van der Waals surface area contributed by atoms with E-state index in [1.807, 2.05) is 0 Å². The first-order valence-corrected chi connectivity index (χ1v) is 6.55. The van der Waals surface area contributed by atoms with E-state index in [1.165, 1.54) is 18.3 Å². The second-order valence-electron chi connectivity index (χ2n) is 4.65. The highest BCUT2D eigenvalue weighted by Gasteiger charge is 2.19. The van der Waals surface area contributed by atoms with Crippen LogP contribution in [-0.2, 0) is 6.54 Å². The Morgan fingerprint density at radius 1 is 1.33 bits per heavy atom. The molecule has 21 heavy (non-hydrogen) atoms. The molecule has 0 unspecified atom stereocenters. The van der Waals surface area contributed by atoms with Crippen LogP contribution in [-0.4, -0.2) is 25.0 Å². The number of hydrogen-bond donors (Lipinski definition) is 2. The number of H-pyrrole nitrogens is 1. The van der Waals surface area contributed by atoms with Gasteiger partial charge in [0.15, 0.2) is 5.82 Å². The molecule has 0 spiro atoms. The standard InChI is InChI=1S/C14H14ClF2N3O/c1-20(2)10-7-18-13(12(10)17)14(21)19-6-8-4-3-5-9(15)11(8)16/h3-5,7,18H,6H2,1-2H3,(H,19,21). The van der Waals surface area contributed by atoms with Crippen molar-refractivity contribution in [2.45, 2.75) is 6.54 Å². The molecule has 0 bridgehead atoms. The number of hydrogen-bond acceptors (Lipinski definition) is 2. The van der Waals surface area contributed by atoms with Gasteiger partial charge in [-0.3, -0.25) is 4.79 Å². The average molecular weight is 314 g/mol. The molecule has 0 aliphatic carbocycles. The van der Waals surface area contributed by atoms with Crippen LogP contribution in [0.2, 0.25) is 5.02 Å². The molecule has 0 aliphatic rings. The van der Waals surface area contributed by atoms with E-state index in [0.29, 0.717) is 0 Å². The summed E-state index contributed by atoms with van der Waals surface area (Å²) in [7, 11) is 3.32. The summed E-state index contributed by atoms with van der Waals surface area (Å²) in [5, 5.41) is 2.42. The fraction of sp³-hybridized carbons (Fsp3) is 0.214. The molecule has 0 radical (unpaired) electrons. The molecule has 2 aromatic rings. The van der Waals surface area contributed by atoms with Crippen LogP contribution in [0.15, 0.2) is 24.4 Å². The molecule has 0 fully saturated rings. The number of anilines is 1. The zero-order valence-corrected chi connectivity index (χ0v) is 12.3. The van der Waals surface area contributed by atoms with Gasteiger partial charge in [-0.05, 0) is 6.07 Å². The second kappa shape index (κ2) is 6.13. The molecule has 1 aromatic heterocycles. The number of carbonyl (C=O) groups excluding carboxylic acids is 1. The largest absolute Gasteiger partial charge is 0.374 e. The van der Waals surface area contributed by atoms with E-state index < -0.39 is 17.5 Å². The van der Waals surface area contributed by atoms with Crippen molar-refractivity contribution in [1.82, 2.24) is 10.3 Å². The molecule has 0 aliphatic heterocycles. The Balaban J connectivity index is 2.10. The van der Waals surface area contributed by atoms with Gasteiger partial charge in [0.25, 0.3) is 5.91 Å². The summed E-state index contributed by atoms with van der Waals surface area (Å²) in [6.07, 6.45) is 1.39. The van der Waals surface area contributed by atoms with Crippen molar-refractivity contribution < 1.29 is 13.6 Å². The predicted octanol–water partition coefficient (Wildman–Crippen LogP) is 2.94. The number of halogens is 3. The van der Waals surface area contributed by atoms with E-state index in [0.717, 1.165) is 0 Å². The minimum Gasteiger partial charge on any atom is -0.374 e. The van der Waals surface area contributed by atoms with Gasteiger partial charge in [-0.25, -0.2) is 8.78 Å². The van der Waals surface area contributed by atoms with Crippen molar-refractivity contribution in [3.63, 3.8) is 0 Å². The Labute approximate surface area is 125 Å². The number of amides is 1. The second-order valence-corrected chi connectivity index (χ2v) is 5.06. The average Bonchev–Trinajstić information content (AvgIpc) is 2.82. The highest BCUT2D eigenvalue weighted by Crippen LogP contribution is 2.20. The van der Waals surface area contributed by atoms with E-state index in [9.17, 15) is 13.6 Å². The highest BCUT2D eigenvalue weighted by atomic mass is 35.5. The third kappa shape index (κ3) is 3.16. The summed E-state index contributed by atoms with van der Waals surface area (Å²) < 4.78 is 27.6. The van der Waals surface area contributed by atoms with Gasteiger partial charge in [0.2, 0.25) is 0 Å². The lowest BCUT2D eigenvalue weighted by atomic mass is 10.2. The predicted molar refractivity (Wildman–Crippen MR) is 77.7 cm³/mol. The van der Waals surface area contributed by atoms with E-state index >= 15 is 0 Å². The molecule has 7 heteroatoms. The molecule has 112 valence electrons. The lowest BCUT2D eigenvalue weighted by Gasteiger charge is -2.09. The first kappa shape index (κ1) is 15.3. The quantitative estimate of drug-likeness (QED) is 0.911.